The fourth-order valence-corrected chi connectivity index (χ4v) is 5.51. The number of carbonyl (C=O) groups is 4. The van der Waals surface area contributed by atoms with Gasteiger partial charge in [0.2, 0.25) is 6.79 Å². The Morgan fingerprint density at radius 2 is 1.59 bits per heavy atom. The van der Waals surface area contributed by atoms with Crippen LogP contribution in [0.25, 0.3) is 0 Å². The van der Waals surface area contributed by atoms with Crippen LogP contribution in [0.4, 0.5) is 5.69 Å². The Labute approximate surface area is 278 Å². The average Bonchev–Trinajstić information content (AvgIpc) is 3.50. The molecule has 4 aromatic rings. The molecule has 46 heavy (non-hydrogen) atoms. The zero-order valence-electron chi connectivity index (χ0n) is 24.1. The third-order valence-corrected chi connectivity index (χ3v) is 7.32. The van der Waals surface area contributed by atoms with E-state index in [1.54, 1.807) is 42.5 Å². The van der Waals surface area contributed by atoms with Crippen LogP contribution in [0.1, 0.15) is 43.6 Å². The molecule has 1 heterocycles. The van der Waals surface area contributed by atoms with Gasteiger partial charge in [-0.05, 0) is 82.7 Å². The number of hydrogen-bond donors (Lipinski definition) is 2. The lowest BCUT2D eigenvalue weighted by Gasteiger charge is -2.11. The molecule has 0 fully saturated rings. The zero-order chi connectivity index (χ0) is 32.8. The molecule has 1 aliphatic heterocycles. The van der Waals surface area contributed by atoms with Gasteiger partial charge in [-0.25, -0.2) is 10.2 Å². The maximum Gasteiger partial charge on any atom is 0.343 e. The van der Waals surface area contributed by atoms with Gasteiger partial charge in [0.25, 0.3) is 11.8 Å². The van der Waals surface area contributed by atoms with Crippen molar-refractivity contribution in [3.05, 3.63) is 104 Å². The molecular weight excluding hydrogens is 730 g/mol. The fourth-order valence-electron chi connectivity index (χ4n) is 4.17. The van der Waals surface area contributed by atoms with Crippen molar-refractivity contribution in [1.29, 1.82) is 0 Å². The number of esters is 2. The smallest absolute Gasteiger partial charge is 0.343 e. The summed E-state index contributed by atoms with van der Waals surface area (Å²) in [4.78, 5) is 50.0. The van der Waals surface area contributed by atoms with Crippen LogP contribution in [-0.2, 0) is 4.79 Å². The molecule has 0 bridgehead atoms. The van der Waals surface area contributed by atoms with Crippen molar-refractivity contribution in [3.8, 4) is 28.7 Å². The molecule has 0 atom stereocenters. The van der Waals surface area contributed by atoms with Gasteiger partial charge in [0, 0.05) is 33.8 Å². The van der Waals surface area contributed by atoms with Crippen LogP contribution >= 0.6 is 31.9 Å². The number of nitrogens with one attached hydrogen (secondary N) is 2. The van der Waals surface area contributed by atoms with Crippen molar-refractivity contribution in [2.45, 2.75) is 6.92 Å². The van der Waals surface area contributed by atoms with E-state index in [0.717, 1.165) is 0 Å². The number of amides is 2. The maximum atomic E-state index is 12.9. The highest BCUT2D eigenvalue weighted by Crippen LogP contribution is 2.35. The van der Waals surface area contributed by atoms with E-state index in [2.05, 4.69) is 47.7 Å². The first-order valence-corrected chi connectivity index (χ1v) is 14.9. The molecule has 1 aliphatic rings. The molecule has 0 saturated heterocycles. The minimum atomic E-state index is -0.641. The predicted molar refractivity (Wildman–Crippen MR) is 173 cm³/mol. The molecule has 0 unspecified atom stereocenters. The van der Waals surface area contributed by atoms with Crippen molar-refractivity contribution < 1.29 is 42.9 Å². The van der Waals surface area contributed by atoms with Gasteiger partial charge in [0.1, 0.15) is 0 Å². The SMILES string of the molecule is COc1cc(C(=O)Nc2cccc(C(=O)NN=Cc3cc(Br)cc(Br)c3OC(=O)c3ccc4c(c3)OCO4)c2)ccc1OC(C)=O. The van der Waals surface area contributed by atoms with Gasteiger partial charge in [-0.1, -0.05) is 22.0 Å². The van der Waals surface area contributed by atoms with Crippen LogP contribution in [0.3, 0.4) is 0 Å². The molecule has 5 rings (SSSR count). The van der Waals surface area contributed by atoms with Gasteiger partial charge in [-0.2, -0.15) is 5.10 Å². The lowest BCUT2D eigenvalue weighted by atomic mass is 10.1. The summed E-state index contributed by atoms with van der Waals surface area (Å²) in [5.41, 5.74) is 3.86. The Morgan fingerprint density at radius 1 is 0.826 bits per heavy atom. The van der Waals surface area contributed by atoms with Crippen LogP contribution in [0, 0.1) is 0 Å². The Kier molecular flexibility index (Phi) is 9.98. The standard InChI is InChI=1S/C32H23Br2N3O9/c1-17(38)45-26-9-6-19(12-27(26)42-2)30(39)36-23-5-3-4-18(11-23)31(40)37-35-15-21-10-22(33)14-24(34)29(21)46-32(41)20-7-8-25-28(13-20)44-16-43-25/h3-15H,16H2,1-2H3,(H,36,39)(H,37,40). The number of hydrazone groups is 1. The number of ether oxygens (including phenoxy) is 5. The number of anilines is 1. The summed E-state index contributed by atoms with van der Waals surface area (Å²) in [5.74, 6) is -0.685. The maximum absolute atomic E-state index is 12.9. The summed E-state index contributed by atoms with van der Waals surface area (Å²) in [5, 5.41) is 6.76. The monoisotopic (exact) mass is 751 g/mol. The summed E-state index contributed by atoms with van der Waals surface area (Å²) in [6, 6.07) is 18.6. The van der Waals surface area contributed by atoms with Crippen LogP contribution < -0.4 is 34.4 Å². The molecule has 0 saturated carbocycles. The zero-order valence-corrected chi connectivity index (χ0v) is 27.3. The fraction of sp³-hybridized carbons (Fsp3) is 0.0938. The molecule has 234 valence electrons. The third kappa shape index (κ3) is 7.71. The molecule has 12 nitrogen and oxygen atoms in total. The number of nitrogens with zero attached hydrogens (tertiary/aromatic N) is 1. The molecule has 0 aromatic heterocycles. The Bertz CT molecular complexity index is 1900. The second kappa shape index (κ2) is 14.3. The van der Waals surface area contributed by atoms with Crippen LogP contribution in [0.15, 0.2) is 86.8 Å². The van der Waals surface area contributed by atoms with Crippen LogP contribution in [0.5, 0.6) is 28.7 Å². The van der Waals surface area contributed by atoms with Crippen molar-refractivity contribution in [2.24, 2.45) is 5.10 Å². The van der Waals surface area contributed by atoms with Crippen molar-refractivity contribution in [3.63, 3.8) is 0 Å². The van der Waals surface area contributed by atoms with E-state index in [1.807, 2.05) is 0 Å². The first-order chi connectivity index (χ1) is 22.1. The van der Waals surface area contributed by atoms with Crippen molar-refractivity contribution >= 4 is 67.5 Å². The number of fused-ring (bicyclic) bond motifs is 1. The number of hydrogen-bond acceptors (Lipinski definition) is 10. The number of rotatable bonds is 9. The number of methoxy groups -OCH3 is 1. The van der Waals surface area contributed by atoms with E-state index in [0.29, 0.717) is 31.7 Å². The summed E-state index contributed by atoms with van der Waals surface area (Å²) in [6.07, 6.45) is 1.33. The minimum Gasteiger partial charge on any atom is -0.493 e. The lowest BCUT2D eigenvalue weighted by Crippen LogP contribution is -2.18. The van der Waals surface area contributed by atoms with Crippen molar-refractivity contribution in [1.82, 2.24) is 5.43 Å². The summed E-state index contributed by atoms with van der Waals surface area (Å²) >= 11 is 6.81. The van der Waals surface area contributed by atoms with Crippen LogP contribution in [-0.4, -0.2) is 43.9 Å². The molecule has 4 aromatic carbocycles. The number of benzene rings is 4. The summed E-state index contributed by atoms with van der Waals surface area (Å²) < 4.78 is 27.7. The minimum absolute atomic E-state index is 0.0710. The quantitative estimate of drug-likeness (QED) is 0.0894. The normalized spacial score (nSPS) is 11.6. The Morgan fingerprint density at radius 3 is 2.37 bits per heavy atom. The predicted octanol–water partition coefficient (Wildman–Crippen LogP) is 6.11. The Balaban J connectivity index is 1.26. The highest BCUT2D eigenvalue weighted by molar-refractivity contribution is 9.11. The second-order valence-corrected chi connectivity index (χ2v) is 11.2. The van der Waals surface area contributed by atoms with Gasteiger partial charge in [-0.3, -0.25) is 14.4 Å². The molecule has 2 N–H and O–H groups in total. The summed E-state index contributed by atoms with van der Waals surface area (Å²) in [7, 11) is 1.39. The third-order valence-electron chi connectivity index (χ3n) is 6.27. The first-order valence-electron chi connectivity index (χ1n) is 13.3. The van der Waals surface area contributed by atoms with E-state index in [-0.39, 0.29) is 40.7 Å². The van der Waals surface area contributed by atoms with Gasteiger partial charge >= 0.3 is 11.9 Å². The van der Waals surface area contributed by atoms with Gasteiger partial charge in [-0.15, -0.1) is 0 Å². The van der Waals surface area contributed by atoms with E-state index >= 15 is 0 Å². The highest BCUT2D eigenvalue weighted by Gasteiger charge is 2.20. The lowest BCUT2D eigenvalue weighted by molar-refractivity contribution is -0.132. The molecule has 0 aliphatic carbocycles. The van der Waals surface area contributed by atoms with E-state index < -0.39 is 23.8 Å². The van der Waals surface area contributed by atoms with E-state index in [1.165, 1.54) is 50.6 Å². The highest BCUT2D eigenvalue weighted by atomic mass is 79.9. The second-order valence-electron chi connectivity index (χ2n) is 9.46. The molecular formula is C32H23Br2N3O9. The molecule has 2 amide bonds. The topological polar surface area (TPSA) is 151 Å². The molecule has 0 spiro atoms. The molecule has 14 heteroatoms. The van der Waals surface area contributed by atoms with Gasteiger partial charge in [0.15, 0.2) is 28.7 Å². The van der Waals surface area contributed by atoms with Gasteiger partial charge in [0.05, 0.1) is 23.4 Å². The van der Waals surface area contributed by atoms with Crippen molar-refractivity contribution in [2.75, 3.05) is 19.2 Å². The van der Waals surface area contributed by atoms with E-state index in [9.17, 15) is 19.2 Å². The summed E-state index contributed by atoms with van der Waals surface area (Å²) in [6.45, 7) is 1.33. The van der Waals surface area contributed by atoms with Gasteiger partial charge < -0.3 is 29.0 Å². The first kappa shape index (κ1) is 32.2. The molecule has 0 radical (unpaired) electrons. The average molecular weight is 753 g/mol. The van der Waals surface area contributed by atoms with Crippen LogP contribution in [0.2, 0.25) is 0 Å². The largest absolute Gasteiger partial charge is 0.493 e. The Hall–Kier alpha value is -5.21. The van der Waals surface area contributed by atoms with E-state index in [4.69, 9.17) is 23.7 Å². The number of halogens is 2. The number of carbonyl (C=O) groups excluding carboxylic acids is 4.